The molecule has 1 aromatic carbocycles. The van der Waals surface area contributed by atoms with Gasteiger partial charge in [0.15, 0.2) is 0 Å². The van der Waals surface area contributed by atoms with Crippen LogP contribution in [0, 0.1) is 0 Å². The number of hydrogen-bond donors (Lipinski definition) is 1. The van der Waals surface area contributed by atoms with Crippen LogP contribution in [0.5, 0.6) is 0 Å². The van der Waals surface area contributed by atoms with Crippen molar-refractivity contribution in [3.63, 3.8) is 0 Å². The summed E-state index contributed by atoms with van der Waals surface area (Å²) in [4.78, 5) is 17.5. The van der Waals surface area contributed by atoms with Crippen LogP contribution in [0.2, 0.25) is 5.02 Å². The minimum absolute atomic E-state index is 0.00690. The van der Waals surface area contributed by atoms with Crippen molar-refractivity contribution in [2.45, 2.75) is 24.3 Å². The number of benzene rings is 1. The Labute approximate surface area is 124 Å². The van der Waals surface area contributed by atoms with Gasteiger partial charge in [0, 0.05) is 30.6 Å². The highest BCUT2D eigenvalue weighted by atomic mass is 35.5. The molecule has 1 fully saturated rings. The van der Waals surface area contributed by atoms with Crippen LogP contribution in [0.4, 0.5) is 0 Å². The molecule has 1 aliphatic rings. The number of thiol groups is 1. The largest absolute Gasteiger partial charge is 0.336 e. The first-order valence-corrected chi connectivity index (χ1v) is 7.33. The third kappa shape index (κ3) is 3.25. The summed E-state index contributed by atoms with van der Waals surface area (Å²) in [7, 11) is 2.11. The Morgan fingerprint density at radius 1 is 1.47 bits per heavy atom. The van der Waals surface area contributed by atoms with Crippen LogP contribution in [-0.2, 0) is 0 Å². The molecule has 0 saturated carbocycles. The van der Waals surface area contributed by atoms with Crippen molar-refractivity contribution in [1.82, 2.24) is 9.80 Å². The van der Waals surface area contributed by atoms with Crippen molar-refractivity contribution >= 4 is 30.1 Å². The summed E-state index contributed by atoms with van der Waals surface area (Å²) in [6.45, 7) is 4.57. The molecule has 0 N–H and O–H groups in total. The maximum atomic E-state index is 12.5. The fourth-order valence-electron chi connectivity index (χ4n) is 2.42. The number of nitrogens with zero attached hydrogens (tertiary/aromatic N) is 2. The second-order valence-electron chi connectivity index (χ2n) is 4.96. The molecule has 104 valence electrons. The Morgan fingerprint density at radius 3 is 2.89 bits per heavy atom. The van der Waals surface area contributed by atoms with Crippen LogP contribution in [0.3, 0.4) is 0 Å². The van der Waals surface area contributed by atoms with Gasteiger partial charge in [0.05, 0.1) is 10.6 Å². The predicted octanol–water partition coefficient (Wildman–Crippen LogP) is 2.79. The molecule has 1 amide bonds. The minimum Gasteiger partial charge on any atom is -0.336 e. The van der Waals surface area contributed by atoms with Crippen molar-refractivity contribution in [2.75, 3.05) is 26.7 Å². The second-order valence-corrected chi connectivity index (χ2v) is 5.88. The van der Waals surface area contributed by atoms with Crippen LogP contribution in [0.1, 0.15) is 23.7 Å². The maximum Gasteiger partial charge on any atom is 0.255 e. The van der Waals surface area contributed by atoms with E-state index in [0.717, 1.165) is 31.0 Å². The van der Waals surface area contributed by atoms with E-state index >= 15 is 0 Å². The van der Waals surface area contributed by atoms with Crippen molar-refractivity contribution in [2.24, 2.45) is 0 Å². The maximum absolute atomic E-state index is 12.5. The summed E-state index contributed by atoms with van der Waals surface area (Å²) in [6, 6.07) is 5.69. The van der Waals surface area contributed by atoms with Crippen LogP contribution < -0.4 is 0 Å². The van der Waals surface area contributed by atoms with E-state index in [1.54, 1.807) is 18.2 Å². The van der Waals surface area contributed by atoms with Crippen LogP contribution >= 0.6 is 24.2 Å². The number of hydrogen-bond acceptors (Lipinski definition) is 3. The predicted molar refractivity (Wildman–Crippen MR) is 81.3 cm³/mol. The zero-order valence-corrected chi connectivity index (χ0v) is 12.9. The van der Waals surface area contributed by atoms with E-state index in [4.69, 9.17) is 11.6 Å². The lowest BCUT2D eigenvalue weighted by molar-refractivity contribution is 0.0542. The average molecular weight is 299 g/mol. The lowest BCUT2D eigenvalue weighted by Crippen LogP contribution is -2.53. The van der Waals surface area contributed by atoms with Gasteiger partial charge in [-0.2, -0.15) is 0 Å². The molecule has 0 aliphatic carbocycles. The third-order valence-electron chi connectivity index (χ3n) is 3.72. The molecular weight excluding hydrogens is 280 g/mol. The molecule has 0 radical (unpaired) electrons. The Balaban J connectivity index is 2.18. The molecule has 0 bridgehead atoms. The summed E-state index contributed by atoms with van der Waals surface area (Å²) in [5, 5.41) is 0.495. The first-order chi connectivity index (χ1) is 9.02. The van der Waals surface area contributed by atoms with Gasteiger partial charge in [0.25, 0.3) is 5.91 Å². The average Bonchev–Trinajstić information content (AvgIpc) is 2.41. The number of carbonyl (C=O) groups is 1. The molecule has 2 rings (SSSR count). The van der Waals surface area contributed by atoms with E-state index in [1.165, 1.54) is 0 Å². The molecule has 1 aromatic rings. The SMILES string of the molecule is CCC1CN(C(=O)c2cc(S)ccc2Cl)CCN1C. The summed E-state index contributed by atoms with van der Waals surface area (Å²) in [6.07, 6.45) is 1.04. The highest BCUT2D eigenvalue weighted by Crippen LogP contribution is 2.22. The number of amides is 1. The van der Waals surface area contributed by atoms with Crippen LogP contribution in [0.25, 0.3) is 0 Å². The summed E-state index contributed by atoms with van der Waals surface area (Å²) in [5.74, 6) is 0.00690. The molecule has 0 aromatic heterocycles. The Bertz CT molecular complexity index is 481. The molecule has 0 spiro atoms. The van der Waals surface area contributed by atoms with Gasteiger partial charge < -0.3 is 4.90 Å². The standard InChI is InChI=1S/C14H19ClN2OS/c1-3-10-9-17(7-6-16(10)2)14(18)12-8-11(19)4-5-13(12)15/h4-5,8,10,19H,3,6-7,9H2,1-2H3. The van der Waals surface area contributed by atoms with Gasteiger partial charge >= 0.3 is 0 Å². The molecule has 1 atom stereocenters. The minimum atomic E-state index is 0.00690. The van der Waals surface area contributed by atoms with Crippen LogP contribution in [-0.4, -0.2) is 48.4 Å². The summed E-state index contributed by atoms with van der Waals surface area (Å²) in [5.41, 5.74) is 0.550. The second kappa shape index (κ2) is 6.16. The van der Waals surface area contributed by atoms with E-state index < -0.39 is 0 Å². The van der Waals surface area contributed by atoms with E-state index in [9.17, 15) is 4.79 Å². The number of piperazine rings is 1. The lowest BCUT2D eigenvalue weighted by Gasteiger charge is -2.39. The Hall–Kier alpha value is -0.710. The smallest absolute Gasteiger partial charge is 0.255 e. The number of rotatable bonds is 2. The molecule has 1 saturated heterocycles. The van der Waals surface area contributed by atoms with E-state index in [-0.39, 0.29) is 5.91 Å². The Kier molecular flexibility index (Phi) is 4.76. The molecule has 1 heterocycles. The number of halogens is 1. The van der Waals surface area contributed by atoms with Gasteiger partial charge in [-0.25, -0.2) is 0 Å². The first kappa shape index (κ1) is 14.7. The molecule has 1 aliphatic heterocycles. The Morgan fingerprint density at radius 2 is 2.21 bits per heavy atom. The van der Waals surface area contributed by atoms with Gasteiger partial charge in [-0.3, -0.25) is 9.69 Å². The highest BCUT2D eigenvalue weighted by molar-refractivity contribution is 7.80. The lowest BCUT2D eigenvalue weighted by atomic mass is 10.1. The van der Waals surface area contributed by atoms with Gasteiger partial charge in [-0.05, 0) is 31.7 Å². The summed E-state index contributed by atoms with van der Waals surface area (Å²) >= 11 is 10.4. The fourth-order valence-corrected chi connectivity index (χ4v) is 2.82. The number of likely N-dealkylation sites (N-methyl/N-ethyl adjacent to an activating group) is 1. The van der Waals surface area contributed by atoms with Gasteiger partial charge in [-0.15, -0.1) is 12.6 Å². The van der Waals surface area contributed by atoms with Crippen molar-refractivity contribution in [3.05, 3.63) is 28.8 Å². The monoisotopic (exact) mass is 298 g/mol. The van der Waals surface area contributed by atoms with E-state index in [0.29, 0.717) is 16.6 Å². The summed E-state index contributed by atoms with van der Waals surface area (Å²) < 4.78 is 0. The van der Waals surface area contributed by atoms with Crippen molar-refractivity contribution in [3.8, 4) is 0 Å². The van der Waals surface area contributed by atoms with Gasteiger partial charge in [0.2, 0.25) is 0 Å². The molecule has 1 unspecified atom stereocenters. The van der Waals surface area contributed by atoms with E-state index in [1.807, 2.05) is 4.90 Å². The zero-order valence-electron chi connectivity index (χ0n) is 11.3. The van der Waals surface area contributed by atoms with Crippen molar-refractivity contribution < 1.29 is 4.79 Å². The van der Waals surface area contributed by atoms with Crippen molar-refractivity contribution in [1.29, 1.82) is 0 Å². The number of carbonyl (C=O) groups excluding carboxylic acids is 1. The van der Waals surface area contributed by atoms with Crippen LogP contribution in [0.15, 0.2) is 23.1 Å². The quantitative estimate of drug-likeness (QED) is 0.849. The molecule has 5 heteroatoms. The molecule has 3 nitrogen and oxygen atoms in total. The first-order valence-electron chi connectivity index (χ1n) is 6.51. The van der Waals surface area contributed by atoms with E-state index in [2.05, 4.69) is 31.5 Å². The third-order valence-corrected chi connectivity index (χ3v) is 4.32. The van der Waals surface area contributed by atoms with Gasteiger partial charge in [-0.1, -0.05) is 18.5 Å². The molecule has 19 heavy (non-hydrogen) atoms. The normalized spacial score (nSPS) is 20.6. The highest BCUT2D eigenvalue weighted by Gasteiger charge is 2.27. The zero-order chi connectivity index (χ0) is 14.0. The molecular formula is C14H19ClN2OS. The topological polar surface area (TPSA) is 23.6 Å². The fraction of sp³-hybridized carbons (Fsp3) is 0.500. The van der Waals surface area contributed by atoms with Gasteiger partial charge in [0.1, 0.15) is 0 Å².